The molecule has 6 heteroatoms. The molecule has 4 aromatic rings. The Hall–Kier alpha value is -2.60. The summed E-state index contributed by atoms with van der Waals surface area (Å²) in [6, 6.07) is 7.83. The van der Waals surface area contributed by atoms with E-state index in [9.17, 15) is 4.79 Å². The van der Waals surface area contributed by atoms with Crippen molar-refractivity contribution in [2.75, 3.05) is 0 Å². The minimum atomic E-state index is -0.0775. The third-order valence-electron chi connectivity index (χ3n) is 3.69. The SMILES string of the molecule is Cc1[nH]c2ccccc2c1C(=O)NCc1cn2ccsc2n1. The molecule has 3 aromatic heterocycles. The lowest BCUT2D eigenvalue weighted by molar-refractivity contribution is 0.0951. The molecule has 3 heterocycles. The number of hydrogen-bond acceptors (Lipinski definition) is 3. The van der Waals surface area contributed by atoms with Crippen LogP contribution in [0, 0.1) is 6.92 Å². The minimum Gasteiger partial charge on any atom is -0.358 e. The maximum Gasteiger partial charge on any atom is 0.254 e. The van der Waals surface area contributed by atoms with Gasteiger partial charge in [0.25, 0.3) is 5.91 Å². The van der Waals surface area contributed by atoms with Crippen LogP contribution in [0.2, 0.25) is 0 Å². The summed E-state index contributed by atoms with van der Waals surface area (Å²) in [4.78, 5) is 21.2. The van der Waals surface area contributed by atoms with Gasteiger partial charge in [-0.3, -0.25) is 9.20 Å². The van der Waals surface area contributed by atoms with E-state index in [1.165, 1.54) is 0 Å². The second-order valence-electron chi connectivity index (χ2n) is 5.18. The molecule has 0 radical (unpaired) electrons. The van der Waals surface area contributed by atoms with Gasteiger partial charge in [0, 0.05) is 34.4 Å². The smallest absolute Gasteiger partial charge is 0.254 e. The molecule has 22 heavy (non-hydrogen) atoms. The number of carbonyl (C=O) groups excluding carboxylic acids is 1. The first-order chi connectivity index (χ1) is 10.7. The van der Waals surface area contributed by atoms with Gasteiger partial charge in [0.1, 0.15) is 0 Å². The number of fused-ring (bicyclic) bond motifs is 2. The Morgan fingerprint density at radius 3 is 3.14 bits per heavy atom. The second-order valence-corrected chi connectivity index (χ2v) is 6.05. The van der Waals surface area contributed by atoms with E-state index in [4.69, 9.17) is 0 Å². The van der Waals surface area contributed by atoms with E-state index in [1.54, 1.807) is 11.3 Å². The molecule has 1 aromatic carbocycles. The molecule has 4 rings (SSSR count). The molecule has 1 amide bonds. The Kier molecular flexibility index (Phi) is 2.97. The average molecular weight is 310 g/mol. The summed E-state index contributed by atoms with van der Waals surface area (Å²) in [5.74, 6) is -0.0775. The van der Waals surface area contributed by atoms with E-state index in [-0.39, 0.29) is 5.91 Å². The summed E-state index contributed by atoms with van der Waals surface area (Å²) in [6.07, 6.45) is 3.90. The zero-order valence-corrected chi connectivity index (χ0v) is 12.8. The number of imidazole rings is 1. The Morgan fingerprint density at radius 2 is 2.27 bits per heavy atom. The number of amides is 1. The highest BCUT2D eigenvalue weighted by atomic mass is 32.1. The van der Waals surface area contributed by atoms with Gasteiger partial charge in [-0.15, -0.1) is 11.3 Å². The molecule has 0 bridgehead atoms. The van der Waals surface area contributed by atoms with Crippen LogP contribution in [0.1, 0.15) is 21.7 Å². The Labute approximate surface area is 130 Å². The zero-order valence-electron chi connectivity index (χ0n) is 12.0. The van der Waals surface area contributed by atoms with Crippen LogP contribution in [0.25, 0.3) is 15.9 Å². The lowest BCUT2D eigenvalue weighted by Gasteiger charge is -2.03. The highest BCUT2D eigenvalue weighted by Crippen LogP contribution is 2.21. The fraction of sp³-hybridized carbons (Fsp3) is 0.125. The van der Waals surface area contributed by atoms with Crippen molar-refractivity contribution < 1.29 is 4.79 Å². The van der Waals surface area contributed by atoms with Crippen LogP contribution in [0.4, 0.5) is 0 Å². The third kappa shape index (κ3) is 2.08. The molecule has 2 N–H and O–H groups in total. The molecule has 0 aliphatic carbocycles. The molecule has 110 valence electrons. The summed E-state index contributed by atoms with van der Waals surface area (Å²) < 4.78 is 1.96. The van der Waals surface area contributed by atoms with Gasteiger partial charge in [0.15, 0.2) is 4.96 Å². The lowest BCUT2D eigenvalue weighted by atomic mass is 10.1. The zero-order chi connectivity index (χ0) is 15.1. The highest BCUT2D eigenvalue weighted by molar-refractivity contribution is 7.15. The van der Waals surface area contributed by atoms with Crippen molar-refractivity contribution in [3.8, 4) is 0 Å². The van der Waals surface area contributed by atoms with Gasteiger partial charge in [0.2, 0.25) is 0 Å². The monoisotopic (exact) mass is 310 g/mol. The van der Waals surface area contributed by atoms with E-state index < -0.39 is 0 Å². The number of aryl methyl sites for hydroxylation is 1. The van der Waals surface area contributed by atoms with Crippen molar-refractivity contribution in [3.63, 3.8) is 0 Å². The largest absolute Gasteiger partial charge is 0.358 e. The molecule has 0 unspecified atom stereocenters. The molecule has 0 aliphatic rings. The van der Waals surface area contributed by atoms with E-state index in [2.05, 4.69) is 15.3 Å². The first-order valence-electron chi connectivity index (χ1n) is 6.99. The quantitative estimate of drug-likeness (QED) is 0.611. The number of thiazole rings is 1. The van der Waals surface area contributed by atoms with Crippen molar-refractivity contribution in [3.05, 3.63) is 59.0 Å². The predicted molar refractivity (Wildman–Crippen MR) is 87.3 cm³/mol. The van der Waals surface area contributed by atoms with Gasteiger partial charge >= 0.3 is 0 Å². The highest BCUT2D eigenvalue weighted by Gasteiger charge is 2.15. The second kappa shape index (κ2) is 4.99. The molecular formula is C16H14N4OS. The van der Waals surface area contributed by atoms with Crippen molar-refractivity contribution in [2.24, 2.45) is 0 Å². The number of rotatable bonds is 3. The summed E-state index contributed by atoms with van der Waals surface area (Å²) in [5, 5.41) is 5.89. The number of para-hydroxylation sites is 1. The average Bonchev–Trinajstić information content (AvgIpc) is 3.16. The fourth-order valence-corrected chi connectivity index (χ4v) is 3.41. The number of carbonyl (C=O) groups is 1. The van der Waals surface area contributed by atoms with Gasteiger partial charge in [-0.1, -0.05) is 18.2 Å². The number of H-pyrrole nitrogens is 1. The standard InChI is InChI=1S/C16H14N4OS/c1-10-14(12-4-2-3-5-13(12)18-10)15(21)17-8-11-9-20-6-7-22-16(20)19-11/h2-7,9,18H,8H2,1H3,(H,17,21). The number of aromatic amines is 1. The third-order valence-corrected chi connectivity index (χ3v) is 4.46. The molecule has 0 atom stereocenters. The molecular weight excluding hydrogens is 296 g/mol. The normalized spacial score (nSPS) is 11.3. The predicted octanol–water partition coefficient (Wildman–Crippen LogP) is 3.12. The number of aromatic nitrogens is 3. The molecule has 0 aliphatic heterocycles. The van der Waals surface area contributed by atoms with Gasteiger partial charge in [-0.05, 0) is 13.0 Å². The maximum absolute atomic E-state index is 12.5. The summed E-state index contributed by atoms with van der Waals surface area (Å²) in [7, 11) is 0. The number of benzene rings is 1. The van der Waals surface area contributed by atoms with Gasteiger partial charge in [0.05, 0.1) is 17.8 Å². The topological polar surface area (TPSA) is 62.2 Å². The summed E-state index contributed by atoms with van der Waals surface area (Å²) in [6.45, 7) is 2.34. The molecule has 0 saturated carbocycles. The molecule has 0 saturated heterocycles. The van der Waals surface area contributed by atoms with E-state index >= 15 is 0 Å². The lowest BCUT2D eigenvalue weighted by Crippen LogP contribution is -2.23. The van der Waals surface area contributed by atoms with Gasteiger partial charge in [-0.2, -0.15) is 0 Å². The first-order valence-corrected chi connectivity index (χ1v) is 7.87. The first kappa shape index (κ1) is 13.1. The maximum atomic E-state index is 12.5. The van der Waals surface area contributed by atoms with Crippen LogP contribution in [-0.4, -0.2) is 20.3 Å². The Bertz CT molecular complexity index is 950. The fourth-order valence-electron chi connectivity index (χ4n) is 2.69. The van der Waals surface area contributed by atoms with Crippen LogP contribution in [0.3, 0.4) is 0 Å². The summed E-state index contributed by atoms with van der Waals surface area (Å²) >= 11 is 1.58. The minimum absolute atomic E-state index is 0.0775. The Morgan fingerprint density at radius 1 is 1.41 bits per heavy atom. The van der Waals surface area contributed by atoms with Crippen LogP contribution in [-0.2, 0) is 6.54 Å². The van der Waals surface area contributed by atoms with E-state index in [0.717, 1.165) is 27.3 Å². The number of nitrogens with one attached hydrogen (secondary N) is 2. The van der Waals surface area contributed by atoms with Crippen LogP contribution in [0.5, 0.6) is 0 Å². The molecule has 0 fully saturated rings. The van der Waals surface area contributed by atoms with Crippen LogP contribution in [0.15, 0.2) is 42.0 Å². The van der Waals surface area contributed by atoms with Gasteiger partial charge in [-0.25, -0.2) is 4.98 Å². The van der Waals surface area contributed by atoms with Crippen molar-refractivity contribution in [1.29, 1.82) is 0 Å². The molecule has 5 nitrogen and oxygen atoms in total. The van der Waals surface area contributed by atoms with E-state index in [0.29, 0.717) is 12.1 Å². The molecule has 0 spiro atoms. The van der Waals surface area contributed by atoms with Gasteiger partial charge < -0.3 is 10.3 Å². The van der Waals surface area contributed by atoms with Crippen LogP contribution >= 0.6 is 11.3 Å². The number of nitrogens with zero attached hydrogens (tertiary/aromatic N) is 2. The number of hydrogen-bond donors (Lipinski definition) is 2. The van der Waals surface area contributed by atoms with Crippen molar-refractivity contribution in [1.82, 2.24) is 19.7 Å². The van der Waals surface area contributed by atoms with Crippen molar-refractivity contribution >= 4 is 33.1 Å². The van der Waals surface area contributed by atoms with Crippen molar-refractivity contribution in [2.45, 2.75) is 13.5 Å². The summed E-state index contributed by atoms with van der Waals surface area (Å²) in [5.41, 5.74) is 3.42. The Balaban J connectivity index is 1.58. The van der Waals surface area contributed by atoms with Crippen LogP contribution < -0.4 is 5.32 Å². The van der Waals surface area contributed by atoms with E-state index in [1.807, 2.05) is 53.4 Å².